The van der Waals surface area contributed by atoms with Crippen molar-refractivity contribution in [3.05, 3.63) is 23.2 Å². The Morgan fingerprint density at radius 1 is 1.23 bits per heavy atom. The summed E-state index contributed by atoms with van der Waals surface area (Å²) in [6.45, 7) is 1.04. The molecule has 26 heavy (non-hydrogen) atoms. The topological polar surface area (TPSA) is 73.8 Å². The molecule has 0 unspecified atom stereocenters. The quantitative estimate of drug-likeness (QED) is 0.656. The van der Waals surface area contributed by atoms with Crippen molar-refractivity contribution in [2.45, 2.75) is 6.42 Å². The van der Waals surface area contributed by atoms with Gasteiger partial charge in [-0.25, -0.2) is 13.4 Å². The van der Waals surface area contributed by atoms with Crippen LogP contribution in [0, 0.1) is 0 Å². The van der Waals surface area contributed by atoms with E-state index in [0.717, 1.165) is 33.7 Å². The van der Waals surface area contributed by atoms with Crippen molar-refractivity contribution >= 4 is 54.2 Å². The first kappa shape index (κ1) is 21.0. The second-order valence-corrected chi connectivity index (χ2v) is 9.86. The number of carbonyl (C=O) groups excluding carboxylic acids is 1. The molecule has 10 heteroatoms. The molecule has 0 fully saturated rings. The largest absolute Gasteiger partial charge is 0.309 e. The first-order valence-corrected chi connectivity index (χ1v) is 11.0. The predicted octanol–water partition coefficient (Wildman–Crippen LogP) is 2.13. The van der Waals surface area contributed by atoms with Crippen molar-refractivity contribution in [1.82, 2.24) is 14.2 Å². The van der Waals surface area contributed by atoms with Crippen molar-refractivity contribution in [3.8, 4) is 0 Å². The number of sulfonamides is 1. The summed E-state index contributed by atoms with van der Waals surface area (Å²) in [5, 5.41) is 1.16. The van der Waals surface area contributed by atoms with Crippen molar-refractivity contribution < 1.29 is 13.2 Å². The Hall–Kier alpha value is -1.26. The number of carbonyl (C=O) groups is 1. The number of hydrogen-bond acceptors (Lipinski definition) is 6. The Morgan fingerprint density at radius 2 is 1.92 bits per heavy atom. The number of aromatic nitrogens is 1. The summed E-state index contributed by atoms with van der Waals surface area (Å²) in [7, 11) is 1.88. The van der Waals surface area contributed by atoms with Gasteiger partial charge in [-0.3, -0.25) is 9.69 Å². The van der Waals surface area contributed by atoms with Crippen LogP contribution in [-0.4, -0.2) is 75.5 Å². The monoisotopic (exact) mass is 418 g/mol. The van der Waals surface area contributed by atoms with Gasteiger partial charge in [-0.1, -0.05) is 22.9 Å². The zero-order valence-corrected chi connectivity index (χ0v) is 17.7. The van der Waals surface area contributed by atoms with Gasteiger partial charge in [0, 0.05) is 18.6 Å². The minimum atomic E-state index is -3.43. The molecule has 1 amide bonds. The standard InChI is InChI=1S/C16H23ClN4O3S2/c1-19(2)8-5-9-21(15(22)11-20(3)26(4,23)24)16-18-13-7-6-12(17)10-14(13)25-16/h6-7,10H,5,8-9,11H2,1-4H3. The normalized spacial score (nSPS) is 12.3. The maximum absolute atomic E-state index is 12.8. The first-order chi connectivity index (χ1) is 12.1. The lowest BCUT2D eigenvalue weighted by Crippen LogP contribution is -2.41. The molecule has 0 spiro atoms. The van der Waals surface area contributed by atoms with Crippen LogP contribution in [0.25, 0.3) is 10.2 Å². The number of likely N-dealkylation sites (N-methyl/N-ethyl adjacent to an activating group) is 1. The van der Waals surface area contributed by atoms with E-state index in [1.807, 2.05) is 31.1 Å². The van der Waals surface area contributed by atoms with Gasteiger partial charge in [-0.15, -0.1) is 0 Å². The van der Waals surface area contributed by atoms with Crippen LogP contribution in [0.2, 0.25) is 5.02 Å². The lowest BCUT2D eigenvalue weighted by atomic mass is 10.3. The van der Waals surface area contributed by atoms with Gasteiger partial charge in [-0.05, 0) is 45.3 Å². The van der Waals surface area contributed by atoms with E-state index in [2.05, 4.69) is 4.98 Å². The zero-order chi connectivity index (χ0) is 19.5. The molecule has 0 saturated heterocycles. The van der Waals surface area contributed by atoms with Crippen LogP contribution in [0.4, 0.5) is 5.13 Å². The zero-order valence-electron chi connectivity index (χ0n) is 15.3. The molecule has 0 aliphatic rings. The van der Waals surface area contributed by atoms with Crippen LogP contribution >= 0.6 is 22.9 Å². The van der Waals surface area contributed by atoms with E-state index >= 15 is 0 Å². The number of fused-ring (bicyclic) bond motifs is 1. The second-order valence-electron chi connectivity index (χ2n) is 6.33. The fourth-order valence-corrected chi connectivity index (χ4v) is 3.90. The van der Waals surface area contributed by atoms with Gasteiger partial charge in [0.15, 0.2) is 5.13 Å². The molecule has 1 aromatic carbocycles. The summed E-state index contributed by atoms with van der Waals surface area (Å²) in [4.78, 5) is 20.9. The second kappa shape index (κ2) is 8.62. The summed E-state index contributed by atoms with van der Waals surface area (Å²) in [6.07, 6.45) is 1.83. The third-order valence-electron chi connectivity index (χ3n) is 3.78. The number of anilines is 1. The third-order valence-corrected chi connectivity index (χ3v) is 6.32. The van der Waals surface area contributed by atoms with Gasteiger partial charge in [0.2, 0.25) is 15.9 Å². The summed E-state index contributed by atoms with van der Waals surface area (Å²) in [6, 6.07) is 5.37. The molecule has 144 valence electrons. The van der Waals surface area contributed by atoms with Gasteiger partial charge in [0.25, 0.3) is 0 Å². The lowest BCUT2D eigenvalue weighted by Gasteiger charge is -2.23. The Kier molecular flexibility index (Phi) is 6.98. The Labute approximate surface area is 163 Å². The summed E-state index contributed by atoms with van der Waals surface area (Å²) >= 11 is 7.40. The molecule has 0 bridgehead atoms. The summed E-state index contributed by atoms with van der Waals surface area (Å²) < 4.78 is 25.2. The molecule has 0 aliphatic carbocycles. The van der Waals surface area contributed by atoms with Crippen LogP contribution in [0.3, 0.4) is 0 Å². The Bertz CT molecular complexity index is 883. The van der Waals surface area contributed by atoms with Gasteiger partial charge < -0.3 is 4.90 Å². The minimum absolute atomic E-state index is 0.225. The molecule has 1 heterocycles. The highest BCUT2D eigenvalue weighted by molar-refractivity contribution is 7.88. The molecular formula is C16H23ClN4O3S2. The molecule has 0 aliphatic heterocycles. The average molecular weight is 419 g/mol. The van der Waals surface area contributed by atoms with Crippen LogP contribution in [0.5, 0.6) is 0 Å². The number of nitrogens with zero attached hydrogens (tertiary/aromatic N) is 4. The van der Waals surface area contributed by atoms with E-state index in [1.54, 1.807) is 11.0 Å². The SMILES string of the molecule is CN(C)CCCN(C(=O)CN(C)S(C)(=O)=O)c1nc2ccc(Cl)cc2s1. The van der Waals surface area contributed by atoms with Gasteiger partial charge in [-0.2, -0.15) is 4.31 Å². The van der Waals surface area contributed by atoms with Crippen molar-refractivity contribution in [2.75, 3.05) is 51.9 Å². The number of hydrogen-bond donors (Lipinski definition) is 0. The predicted molar refractivity (Wildman–Crippen MR) is 108 cm³/mol. The van der Waals surface area contributed by atoms with Gasteiger partial charge in [0.05, 0.1) is 23.0 Å². The van der Waals surface area contributed by atoms with Gasteiger partial charge in [0.1, 0.15) is 0 Å². The van der Waals surface area contributed by atoms with E-state index in [0.29, 0.717) is 16.7 Å². The van der Waals surface area contributed by atoms with E-state index < -0.39 is 10.0 Å². The van der Waals surface area contributed by atoms with Crippen LogP contribution in [-0.2, 0) is 14.8 Å². The number of rotatable bonds is 8. The van der Waals surface area contributed by atoms with Crippen LogP contribution < -0.4 is 4.90 Å². The van der Waals surface area contributed by atoms with E-state index in [4.69, 9.17) is 11.6 Å². The Balaban J connectivity index is 2.27. The highest BCUT2D eigenvalue weighted by Gasteiger charge is 2.23. The third kappa shape index (κ3) is 5.62. The minimum Gasteiger partial charge on any atom is -0.309 e. The number of benzene rings is 1. The number of halogens is 1. The Morgan fingerprint density at radius 3 is 2.54 bits per heavy atom. The number of amides is 1. The van der Waals surface area contributed by atoms with Gasteiger partial charge >= 0.3 is 0 Å². The van der Waals surface area contributed by atoms with E-state index in [-0.39, 0.29) is 12.5 Å². The molecule has 0 saturated carbocycles. The molecule has 0 atom stereocenters. The van der Waals surface area contributed by atoms with E-state index in [9.17, 15) is 13.2 Å². The molecule has 2 rings (SSSR count). The lowest BCUT2D eigenvalue weighted by molar-refractivity contribution is -0.118. The number of thiazole rings is 1. The fraction of sp³-hybridized carbons (Fsp3) is 0.500. The highest BCUT2D eigenvalue weighted by atomic mass is 35.5. The van der Waals surface area contributed by atoms with Crippen molar-refractivity contribution in [2.24, 2.45) is 0 Å². The van der Waals surface area contributed by atoms with Crippen molar-refractivity contribution in [1.29, 1.82) is 0 Å². The summed E-state index contributed by atoms with van der Waals surface area (Å²) in [5.41, 5.74) is 0.760. The molecule has 0 N–H and O–H groups in total. The molecular weight excluding hydrogens is 396 g/mol. The first-order valence-electron chi connectivity index (χ1n) is 8.00. The maximum Gasteiger partial charge on any atom is 0.244 e. The fourth-order valence-electron chi connectivity index (χ4n) is 2.27. The molecule has 2 aromatic rings. The molecule has 7 nitrogen and oxygen atoms in total. The highest BCUT2D eigenvalue weighted by Crippen LogP contribution is 2.31. The summed E-state index contributed by atoms with van der Waals surface area (Å²) in [5.74, 6) is -0.304. The van der Waals surface area contributed by atoms with Crippen LogP contribution in [0.15, 0.2) is 18.2 Å². The van der Waals surface area contributed by atoms with Crippen LogP contribution in [0.1, 0.15) is 6.42 Å². The molecule has 0 radical (unpaired) electrons. The maximum atomic E-state index is 12.8. The average Bonchev–Trinajstić information content (AvgIpc) is 2.92. The van der Waals surface area contributed by atoms with Crippen molar-refractivity contribution in [3.63, 3.8) is 0 Å². The molecule has 1 aromatic heterocycles. The smallest absolute Gasteiger partial charge is 0.244 e. The van der Waals surface area contributed by atoms with E-state index in [1.165, 1.54) is 18.4 Å².